The zero-order chi connectivity index (χ0) is 18.6. The van der Waals surface area contributed by atoms with Crippen molar-refractivity contribution in [3.8, 4) is 11.1 Å². The van der Waals surface area contributed by atoms with Gasteiger partial charge in [0, 0.05) is 17.1 Å². The van der Waals surface area contributed by atoms with Gasteiger partial charge >= 0.3 is 0 Å². The summed E-state index contributed by atoms with van der Waals surface area (Å²) >= 11 is 0. The van der Waals surface area contributed by atoms with Crippen LogP contribution in [0.4, 0.5) is 17.1 Å². The smallest absolute Gasteiger partial charge is 0.0462 e. The molecule has 4 rings (SSSR count). The van der Waals surface area contributed by atoms with Crippen molar-refractivity contribution in [3.63, 3.8) is 0 Å². The van der Waals surface area contributed by atoms with E-state index in [9.17, 15) is 0 Å². The fourth-order valence-corrected chi connectivity index (χ4v) is 3.27. The summed E-state index contributed by atoms with van der Waals surface area (Å²) in [6.07, 6.45) is 0. The molecule has 4 aromatic rings. The van der Waals surface area contributed by atoms with Crippen molar-refractivity contribution in [2.45, 2.75) is 28.7 Å². The van der Waals surface area contributed by atoms with E-state index in [1.165, 1.54) is 22.3 Å². The van der Waals surface area contributed by atoms with E-state index < -0.39 is 0 Å². The van der Waals surface area contributed by atoms with Crippen molar-refractivity contribution in [2.24, 2.45) is 0 Å². The van der Waals surface area contributed by atoms with Gasteiger partial charge in [0.05, 0.1) is 0 Å². The summed E-state index contributed by atoms with van der Waals surface area (Å²) in [5.41, 5.74) is 8.48. The summed E-state index contributed by atoms with van der Waals surface area (Å²) in [6, 6.07) is 36.6. The molecule has 0 aliphatic heterocycles. The lowest BCUT2D eigenvalue weighted by Crippen LogP contribution is -2.09. The van der Waals surface area contributed by atoms with Gasteiger partial charge in [-0.25, -0.2) is 0 Å². The van der Waals surface area contributed by atoms with E-state index in [-0.39, 0.29) is 14.9 Å². The average molecular weight is 382 g/mol. The second-order valence-corrected chi connectivity index (χ2v) is 6.92. The highest BCUT2D eigenvalue weighted by atomic mass is 15.1. The second kappa shape index (κ2) is 9.75. The molecule has 0 saturated heterocycles. The maximum atomic E-state index is 2.30. The highest BCUT2D eigenvalue weighted by Crippen LogP contribution is 2.35. The summed E-state index contributed by atoms with van der Waals surface area (Å²) < 4.78 is 0. The minimum absolute atomic E-state index is 0. The molecule has 0 unspecified atom stereocenters. The standard InChI is InChI=1S/C26H23N.2CH4/c1-20-8-14-24(15-9-20)27(25-16-10-21(2)11-17-25)26-18-12-23(13-19-26)22-6-4-3-5-7-22;;/h3-19H,1-2H3;2*1H4. The molecule has 29 heavy (non-hydrogen) atoms. The zero-order valence-corrected chi connectivity index (χ0v) is 15.8. The quantitative estimate of drug-likeness (QED) is 0.341. The van der Waals surface area contributed by atoms with E-state index in [0.29, 0.717) is 0 Å². The van der Waals surface area contributed by atoms with Crippen LogP contribution in [0.2, 0.25) is 0 Å². The summed E-state index contributed by atoms with van der Waals surface area (Å²) in [7, 11) is 0. The van der Waals surface area contributed by atoms with Crippen molar-refractivity contribution < 1.29 is 0 Å². The molecule has 0 spiro atoms. The van der Waals surface area contributed by atoms with E-state index in [2.05, 4.69) is 116 Å². The number of anilines is 3. The fraction of sp³-hybridized carbons (Fsp3) is 0.143. The predicted octanol–water partition coefficient (Wildman–Crippen LogP) is 8.71. The monoisotopic (exact) mass is 381 g/mol. The van der Waals surface area contributed by atoms with Crippen LogP contribution < -0.4 is 4.90 Å². The number of benzene rings is 4. The molecular weight excluding hydrogens is 350 g/mol. The third kappa shape index (κ3) is 4.94. The van der Waals surface area contributed by atoms with Gasteiger partial charge in [0.15, 0.2) is 0 Å². The van der Waals surface area contributed by atoms with Crippen molar-refractivity contribution in [3.05, 3.63) is 114 Å². The lowest BCUT2D eigenvalue weighted by atomic mass is 10.0. The van der Waals surface area contributed by atoms with E-state index in [1.54, 1.807) is 0 Å². The van der Waals surface area contributed by atoms with Crippen LogP contribution in [-0.4, -0.2) is 0 Å². The van der Waals surface area contributed by atoms with Crippen molar-refractivity contribution in [2.75, 3.05) is 4.90 Å². The highest BCUT2D eigenvalue weighted by Gasteiger charge is 2.12. The first-order chi connectivity index (χ1) is 13.2. The maximum absolute atomic E-state index is 2.30. The van der Waals surface area contributed by atoms with Gasteiger partial charge in [0.1, 0.15) is 0 Å². The van der Waals surface area contributed by atoms with Gasteiger partial charge in [-0.3, -0.25) is 0 Å². The molecule has 0 fully saturated rings. The third-order valence-corrected chi connectivity index (χ3v) is 4.82. The number of hydrogen-bond donors (Lipinski definition) is 0. The Morgan fingerprint density at radius 2 is 0.759 bits per heavy atom. The number of hydrogen-bond acceptors (Lipinski definition) is 1. The average Bonchev–Trinajstić information content (AvgIpc) is 2.72. The highest BCUT2D eigenvalue weighted by molar-refractivity contribution is 5.78. The van der Waals surface area contributed by atoms with E-state index in [0.717, 1.165) is 17.1 Å². The topological polar surface area (TPSA) is 3.24 Å². The molecule has 0 amide bonds. The van der Waals surface area contributed by atoms with Crippen LogP contribution >= 0.6 is 0 Å². The molecule has 1 heteroatoms. The van der Waals surface area contributed by atoms with Crippen LogP contribution in [0.15, 0.2) is 103 Å². The van der Waals surface area contributed by atoms with Crippen LogP contribution in [0.3, 0.4) is 0 Å². The van der Waals surface area contributed by atoms with Crippen molar-refractivity contribution in [1.82, 2.24) is 0 Å². The van der Waals surface area contributed by atoms with Crippen molar-refractivity contribution >= 4 is 17.1 Å². The lowest BCUT2D eigenvalue weighted by Gasteiger charge is -2.26. The molecular formula is C28H31N. The third-order valence-electron chi connectivity index (χ3n) is 4.82. The van der Waals surface area contributed by atoms with E-state index in [4.69, 9.17) is 0 Å². The maximum Gasteiger partial charge on any atom is 0.0462 e. The Hall–Kier alpha value is -3.32. The largest absolute Gasteiger partial charge is 0.311 e. The SMILES string of the molecule is C.C.Cc1ccc(N(c2ccc(C)cc2)c2ccc(-c3ccccc3)cc2)cc1. The van der Waals surface area contributed by atoms with Gasteiger partial charge in [-0.05, 0) is 61.4 Å². The summed E-state index contributed by atoms with van der Waals surface area (Å²) in [5, 5.41) is 0. The van der Waals surface area contributed by atoms with E-state index >= 15 is 0 Å². The Labute approximate surface area is 176 Å². The van der Waals surface area contributed by atoms with Gasteiger partial charge in [0.25, 0.3) is 0 Å². The molecule has 148 valence electrons. The Morgan fingerprint density at radius 1 is 0.414 bits per heavy atom. The molecule has 0 aliphatic rings. The van der Waals surface area contributed by atoms with Crippen molar-refractivity contribution in [1.29, 1.82) is 0 Å². The van der Waals surface area contributed by atoms with Gasteiger partial charge in [-0.15, -0.1) is 0 Å². The first-order valence-corrected chi connectivity index (χ1v) is 9.30. The minimum Gasteiger partial charge on any atom is -0.311 e. The molecule has 4 aromatic carbocycles. The molecule has 0 radical (unpaired) electrons. The minimum atomic E-state index is 0. The molecule has 0 heterocycles. The predicted molar refractivity (Wildman–Crippen MR) is 129 cm³/mol. The number of nitrogens with zero attached hydrogens (tertiary/aromatic N) is 1. The number of rotatable bonds is 4. The van der Waals surface area contributed by atoms with Crippen LogP contribution in [0, 0.1) is 13.8 Å². The first kappa shape index (κ1) is 22.0. The molecule has 0 atom stereocenters. The van der Waals surface area contributed by atoms with E-state index in [1.807, 2.05) is 6.07 Å². The lowest BCUT2D eigenvalue weighted by molar-refractivity contribution is 1.27. The Morgan fingerprint density at radius 3 is 1.17 bits per heavy atom. The van der Waals surface area contributed by atoms with Crippen LogP contribution in [-0.2, 0) is 0 Å². The molecule has 0 bridgehead atoms. The molecule has 1 nitrogen and oxygen atoms in total. The number of aryl methyl sites for hydroxylation is 2. The second-order valence-electron chi connectivity index (χ2n) is 6.92. The molecule has 0 aliphatic carbocycles. The molecule has 0 aromatic heterocycles. The zero-order valence-electron chi connectivity index (χ0n) is 15.8. The Kier molecular flexibility index (Phi) is 7.39. The van der Waals surface area contributed by atoms with Gasteiger partial charge in [-0.2, -0.15) is 0 Å². The normalized spacial score (nSPS) is 9.86. The van der Waals surface area contributed by atoms with Gasteiger partial charge < -0.3 is 4.90 Å². The van der Waals surface area contributed by atoms with Gasteiger partial charge in [0.2, 0.25) is 0 Å². The Bertz CT molecular complexity index is 953. The summed E-state index contributed by atoms with van der Waals surface area (Å²) in [6.45, 7) is 4.24. The summed E-state index contributed by atoms with van der Waals surface area (Å²) in [5.74, 6) is 0. The van der Waals surface area contributed by atoms with Gasteiger partial charge in [-0.1, -0.05) is 92.7 Å². The summed E-state index contributed by atoms with van der Waals surface area (Å²) in [4.78, 5) is 2.30. The Balaban J connectivity index is 0.00000150. The van der Waals surface area contributed by atoms with Crippen LogP contribution in [0.25, 0.3) is 11.1 Å². The molecule has 0 N–H and O–H groups in total. The van der Waals surface area contributed by atoms with Crippen LogP contribution in [0.1, 0.15) is 26.0 Å². The molecule has 0 saturated carbocycles. The first-order valence-electron chi connectivity index (χ1n) is 9.30. The fourth-order valence-electron chi connectivity index (χ4n) is 3.27. The van der Waals surface area contributed by atoms with Crippen LogP contribution in [0.5, 0.6) is 0 Å².